The molecule has 1 aromatic rings. The average Bonchev–Trinajstić information content (AvgIpc) is 2.53. The third kappa shape index (κ3) is 6.41. The second kappa shape index (κ2) is 9.38. The SMILES string of the molecule is NC(=NCCCN1CCOCC1)NCCc1cccc(F)c1. The summed E-state index contributed by atoms with van der Waals surface area (Å²) in [6.07, 6.45) is 1.72. The van der Waals surface area contributed by atoms with Crippen molar-refractivity contribution >= 4 is 5.96 Å². The number of ether oxygens (including phenoxy) is 1. The second-order valence-electron chi connectivity index (χ2n) is 5.38. The van der Waals surface area contributed by atoms with Crippen molar-refractivity contribution in [3.05, 3.63) is 35.6 Å². The van der Waals surface area contributed by atoms with Crippen LogP contribution in [0.15, 0.2) is 29.3 Å². The van der Waals surface area contributed by atoms with Crippen LogP contribution >= 0.6 is 0 Å². The summed E-state index contributed by atoms with van der Waals surface area (Å²) in [5.41, 5.74) is 6.77. The molecule has 122 valence electrons. The standard InChI is InChI=1S/C16H25FN4O/c17-15-4-1-3-14(13-15)5-7-20-16(18)19-6-2-8-21-9-11-22-12-10-21/h1,3-4,13H,2,5-12H2,(H3,18,19,20). The quantitative estimate of drug-likeness (QED) is 0.448. The van der Waals surface area contributed by atoms with Crippen molar-refractivity contribution in [3.63, 3.8) is 0 Å². The first kappa shape index (κ1) is 16.7. The summed E-state index contributed by atoms with van der Waals surface area (Å²) in [5, 5.41) is 3.06. The lowest BCUT2D eigenvalue weighted by atomic mass is 10.1. The van der Waals surface area contributed by atoms with Gasteiger partial charge in [0, 0.05) is 32.7 Å². The van der Waals surface area contributed by atoms with Crippen molar-refractivity contribution in [1.82, 2.24) is 10.2 Å². The van der Waals surface area contributed by atoms with Gasteiger partial charge in [-0.1, -0.05) is 12.1 Å². The van der Waals surface area contributed by atoms with Crippen molar-refractivity contribution in [1.29, 1.82) is 0 Å². The molecule has 22 heavy (non-hydrogen) atoms. The summed E-state index contributed by atoms with van der Waals surface area (Å²) in [6, 6.07) is 6.60. The minimum absolute atomic E-state index is 0.206. The van der Waals surface area contributed by atoms with Crippen LogP contribution in [0.2, 0.25) is 0 Å². The summed E-state index contributed by atoms with van der Waals surface area (Å²) in [6.45, 7) is 6.07. The smallest absolute Gasteiger partial charge is 0.188 e. The lowest BCUT2D eigenvalue weighted by molar-refractivity contribution is 0.0377. The molecule has 5 nitrogen and oxygen atoms in total. The molecule has 0 aromatic heterocycles. The van der Waals surface area contributed by atoms with E-state index in [4.69, 9.17) is 10.5 Å². The first-order valence-electron chi connectivity index (χ1n) is 7.82. The monoisotopic (exact) mass is 308 g/mol. The number of rotatable bonds is 7. The van der Waals surface area contributed by atoms with Gasteiger partial charge >= 0.3 is 0 Å². The van der Waals surface area contributed by atoms with Gasteiger partial charge < -0.3 is 15.8 Å². The molecule has 2 rings (SSSR count). The normalized spacial score (nSPS) is 16.7. The number of nitrogens with two attached hydrogens (primary N) is 1. The van der Waals surface area contributed by atoms with Gasteiger partial charge in [0.25, 0.3) is 0 Å². The molecule has 0 spiro atoms. The Hall–Kier alpha value is -1.66. The van der Waals surface area contributed by atoms with Crippen molar-refractivity contribution < 1.29 is 9.13 Å². The molecule has 0 aliphatic carbocycles. The highest BCUT2D eigenvalue weighted by atomic mass is 19.1. The molecular formula is C16H25FN4O. The maximum absolute atomic E-state index is 13.0. The van der Waals surface area contributed by atoms with Crippen LogP contribution < -0.4 is 11.1 Å². The number of hydrogen-bond acceptors (Lipinski definition) is 3. The Labute approximate surface area is 131 Å². The van der Waals surface area contributed by atoms with Crippen molar-refractivity contribution in [2.45, 2.75) is 12.8 Å². The first-order chi connectivity index (χ1) is 10.7. The number of morpholine rings is 1. The van der Waals surface area contributed by atoms with Crippen LogP contribution in [-0.4, -0.2) is 56.8 Å². The molecule has 1 aliphatic rings. The summed E-state index contributed by atoms with van der Waals surface area (Å²) in [5.74, 6) is 0.251. The maximum Gasteiger partial charge on any atom is 0.188 e. The molecule has 0 unspecified atom stereocenters. The van der Waals surface area contributed by atoms with Gasteiger partial charge in [-0.2, -0.15) is 0 Å². The molecule has 0 bridgehead atoms. The molecule has 1 aromatic carbocycles. The second-order valence-corrected chi connectivity index (χ2v) is 5.38. The number of guanidine groups is 1. The van der Waals surface area contributed by atoms with Crippen LogP contribution in [0.3, 0.4) is 0 Å². The molecule has 1 saturated heterocycles. The topological polar surface area (TPSA) is 62.9 Å². The lowest BCUT2D eigenvalue weighted by Crippen LogP contribution is -2.37. The summed E-state index contributed by atoms with van der Waals surface area (Å²) in [7, 11) is 0. The zero-order valence-electron chi connectivity index (χ0n) is 12.9. The van der Waals surface area contributed by atoms with Gasteiger partial charge in [-0.15, -0.1) is 0 Å². The number of halogens is 1. The van der Waals surface area contributed by atoms with Gasteiger partial charge in [-0.05, 0) is 30.5 Å². The van der Waals surface area contributed by atoms with Crippen molar-refractivity contribution in [2.24, 2.45) is 10.7 Å². The van der Waals surface area contributed by atoms with Crippen LogP contribution in [0.4, 0.5) is 4.39 Å². The number of nitrogens with one attached hydrogen (secondary N) is 1. The lowest BCUT2D eigenvalue weighted by Gasteiger charge is -2.26. The largest absolute Gasteiger partial charge is 0.379 e. The summed E-state index contributed by atoms with van der Waals surface area (Å²) >= 11 is 0. The van der Waals surface area contributed by atoms with E-state index >= 15 is 0 Å². The van der Waals surface area contributed by atoms with Crippen LogP contribution in [0.5, 0.6) is 0 Å². The molecule has 0 amide bonds. The molecular weight excluding hydrogens is 283 g/mol. The summed E-state index contributed by atoms with van der Waals surface area (Å²) < 4.78 is 18.3. The van der Waals surface area contributed by atoms with Crippen molar-refractivity contribution in [3.8, 4) is 0 Å². The highest BCUT2D eigenvalue weighted by molar-refractivity contribution is 5.77. The van der Waals surface area contributed by atoms with E-state index in [1.165, 1.54) is 12.1 Å². The van der Waals surface area contributed by atoms with E-state index in [-0.39, 0.29) is 5.82 Å². The molecule has 6 heteroatoms. The molecule has 1 heterocycles. The van der Waals surface area contributed by atoms with E-state index in [1.807, 2.05) is 6.07 Å². The van der Waals surface area contributed by atoms with E-state index in [0.717, 1.165) is 57.8 Å². The number of benzene rings is 1. The fourth-order valence-electron chi connectivity index (χ4n) is 2.40. The Kier molecular flexibility index (Phi) is 7.12. The van der Waals surface area contributed by atoms with E-state index in [2.05, 4.69) is 15.2 Å². The molecule has 1 aliphatic heterocycles. The predicted octanol–water partition coefficient (Wildman–Crippen LogP) is 0.995. The summed E-state index contributed by atoms with van der Waals surface area (Å²) in [4.78, 5) is 6.69. The van der Waals surface area contributed by atoms with Crippen molar-refractivity contribution in [2.75, 3.05) is 45.9 Å². The zero-order chi connectivity index (χ0) is 15.6. The van der Waals surface area contributed by atoms with Crippen LogP contribution in [-0.2, 0) is 11.2 Å². The Bertz CT molecular complexity index is 475. The number of hydrogen-bond donors (Lipinski definition) is 2. The van der Waals surface area contributed by atoms with Crippen LogP contribution in [0, 0.1) is 5.82 Å². The van der Waals surface area contributed by atoms with E-state index < -0.39 is 0 Å². The van der Waals surface area contributed by atoms with Gasteiger partial charge in [0.15, 0.2) is 5.96 Å². The highest BCUT2D eigenvalue weighted by Gasteiger charge is 2.08. The van der Waals surface area contributed by atoms with Gasteiger partial charge in [-0.3, -0.25) is 9.89 Å². The number of aliphatic imine (C=N–C) groups is 1. The van der Waals surface area contributed by atoms with Gasteiger partial charge in [0.05, 0.1) is 13.2 Å². The Morgan fingerprint density at radius 2 is 2.18 bits per heavy atom. The third-order valence-corrected chi connectivity index (χ3v) is 3.63. The van der Waals surface area contributed by atoms with E-state index in [9.17, 15) is 4.39 Å². The third-order valence-electron chi connectivity index (χ3n) is 3.63. The maximum atomic E-state index is 13.0. The number of nitrogens with zero attached hydrogens (tertiary/aromatic N) is 2. The van der Waals surface area contributed by atoms with E-state index in [0.29, 0.717) is 12.5 Å². The van der Waals surface area contributed by atoms with Gasteiger partial charge in [0.1, 0.15) is 5.82 Å². The van der Waals surface area contributed by atoms with E-state index in [1.54, 1.807) is 6.07 Å². The average molecular weight is 308 g/mol. The minimum Gasteiger partial charge on any atom is -0.379 e. The zero-order valence-corrected chi connectivity index (χ0v) is 12.9. The first-order valence-corrected chi connectivity index (χ1v) is 7.82. The molecule has 0 atom stereocenters. The fraction of sp³-hybridized carbons (Fsp3) is 0.562. The minimum atomic E-state index is -0.206. The van der Waals surface area contributed by atoms with Crippen LogP contribution in [0.25, 0.3) is 0 Å². The van der Waals surface area contributed by atoms with Gasteiger partial charge in [0.2, 0.25) is 0 Å². The molecule has 1 fully saturated rings. The Balaban J connectivity index is 1.57. The fourth-order valence-corrected chi connectivity index (χ4v) is 2.40. The Morgan fingerprint density at radius 1 is 1.36 bits per heavy atom. The van der Waals surface area contributed by atoms with Crippen LogP contribution in [0.1, 0.15) is 12.0 Å². The van der Waals surface area contributed by atoms with Gasteiger partial charge in [-0.25, -0.2) is 4.39 Å². The molecule has 3 N–H and O–H groups in total. The predicted molar refractivity (Wildman–Crippen MR) is 86.5 cm³/mol. The molecule has 0 radical (unpaired) electrons. The molecule has 0 saturated carbocycles. The Morgan fingerprint density at radius 3 is 2.95 bits per heavy atom. The highest BCUT2D eigenvalue weighted by Crippen LogP contribution is 2.03.